The van der Waals surface area contributed by atoms with Gasteiger partial charge in [0.05, 0.1) is 11.7 Å². The van der Waals surface area contributed by atoms with Gasteiger partial charge in [-0.2, -0.15) is 0 Å². The number of aliphatic hydroxyl groups is 1. The molecule has 0 amide bonds. The van der Waals surface area contributed by atoms with Gasteiger partial charge in [-0.3, -0.25) is 0 Å². The summed E-state index contributed by atoms with van der Waals surface area (Å²) in [7, 11) is 0. The second-order valence-electron chi connectivity index (χ2n) is 6.20. The van der Waals surface area contributed by atoms with Crippen LogP contribution in [0.2, 0.25) is 0 Å². The molecule has 1 aromatic carbocycles. The highest BCUT2D eigenvalue weighted by Gasteiger charge is 2.50. The maximum absolute atomic E-state index is 10.9. The summed E-state index contributed by atoms with van der Waals surface area (Å²) >= 11 is 0. The molecule has 3 unspecified atom stereocenters. The Bertz CT molecular complexity index is 423. The van der Waals surface area contributed by atoms with Gasteiger partial charge in [-0.25, -0.2) is 0 Å². The normalized spacial score (nSPS) is 34.2. The Hall–Kier alpha value is -1.02. The van der Waals surface area contributed by atoms with Gasteiger partial charge in [0.25, 0.3) is 0 Å². The zero-order valence-electron chi connectivity index (χ0n) is 11.2. The van der Waals surface area contributed by atoms with Crippen molar-refractivity contribution in [1.82, 2.24) is 0 Å². The van der Waals surface area contributed by atoms with E-state index in [9.17, 15) is 5.11 Å². The van der Waals surface area contributed by atoms with Crippen molar-refractivity contribution in [3.8, 4) is 5.75 Å². The Morgan fingerprint density at radius 3 is 2.44 bits per heavy atom. The minimum Gasteiger partial charge on any atom is -0.491 e. The lowest BCUT2D eigenvalue weighted by Gasteiger charge is -2.33. The predicted octanol–water partition coefficient (Wildman–Crippen LogP) is 3.48. The van der Waals surface area contributed by atoms with Gasteiger partial charge in [0, 0.05) is 0 Å². The summed E-state index contributed by atoms with van der Waals surface area (Å²) in [6.45, 7) is 4.05. The molecule has 98 valence electrons. The van der Waals surface area contributed by atoms with E-state index in [2.05, 4.69) is 0 Å². The van der Waals surface area contributed by atoms with Crippen LogP contribution in [0.1, 0.15) is 45.1 Å². The van der Waals surface area contributed by atoms with Gasteiger partial charge in [-0.05, 0) is 69.1 Å². The molecule has 2 fully saturated rings. The van der Waals surface area contributed by atoms with Crippen LogP contribution >= 0.6 is 0 Å². The lowest BCUT2D eigenvalue weighted by atomic mass is 9.79. The van der Waals surface area contributed by atoms with Gasteiger partial charge in [0.15, 0.2) is 0 Å². The number of hydrogen-bond acceptors (Lipinski definition) is 2. The third-order valence-electron chi connectivity index (χ3n) is 4.54. The first-order valence-corrected chi connectivity index (χ1v) is 7.07. The van der Waals surface area contributed by atoms with Crippen LogP contribution in [0.25, 0.3) is 0 Å². The van der Waals surface area contributed by atoms with Crippen LogP contribution in [0.3, 0.4) is 0 Å². The molecule has 18 heavy (non-hydrogen) atoms. The van der Waals surface area contributed by atoms with Crippen molar-refractivity contribution in [3.05, 3.63) is 29.8 Å². The third-order valence-corrected chi connectivity index (χ3v) is 4.54. The van der Waals surface area contributed by atoms with Crippen LogP contribution in [-0.2, 0) is 5.60 Å². The first kappa shape index (κ1) is 12.0. The zero-order chi connectivity index (χ0) is 12.8. The average Bonchev–Trinajstić information content (AvgIpc) is 2.89. The fourth-order valence-electron chi connectivity index (χ4n) is 3.75. The molecule has 0 spiro atoms. The molecular weight excluding hydrogens is 224 g/mol. The van der Waals surface area contributed by atoms with Gasteiger partial charge in [-0.15, -0.1) is 0 Å². The van der Waals surface area contributed by atoms with Gasteiger partial charge in [-0.1, -0.05) is 12.1 Å². The second kappa shape index (κ2) is 4.27. The zero-order valence-corrected chi connectivity index (χ0v) is 11.2. The fraction of sp³-hybridized carbons (Fsp3) is 0.625. The topological polar surface area (TPSA) is 29.5 Å². The first-order chi connectivity index (χ1) is 8.58. The number of ether oxygens (including phenoxy) is 1. The summed E-state index contributed by atoms with van der Waals surface area (Å²) < 4.78 is 5.65. The van der Waals surface area contributed by atoms with Crippen molar-refractivity contribution in [2.45, 2.75) is 51.2 Å². The van der Waals surface area contributed by atoms with E-state index >= 15 is 0 Å². The van der Waals surface area contributed by atoms with Gasteiger partial charge in [0.1, 0.15) is 5.75 Å². The van der Waals surface area contributed by atoms with Crippen molar-refractivity contribution >= 4 is 0 Å². The van der Waals surface area contributed by atoms with Crippen LogP contribution in [-0.4, -0.2) is 11.2 Å². The Kier molecular flexibility index (Phi) is 2.86. The molecule has 1 aromatic rings. The number of rotatable bonds is 3. The number of fused-ring (bicyclic) bond motifs is 2. The van der Waals surface area contributed by atoms with E-state index in [1.165, 1.54) is 19.3 Å². The largest absolute Gasteiger partial charge is 0.491 e. The molecule has 2 bridgehead atoms. The predicted molar refractivity (Wildman–Crippen MR) is 71.6 cm³/mol. The highest BCUT2D eigenvalue weighted by Crippen LogP contribution is 2.55. The fourth-order valence-corrected chi connectivity index (χ4v) is 3.75. The van der Waals surface area contributed by atoms with Crippen molar-refractivity contribution < 1.29 is 9.84 Å². The van der Waals surface area contributed by atoms with Crippen molar-refractivity contribution in [1.29, 1.82) is 0 Å². The molecule has 2 nitrogen and oxygen atoms in total. The van der Waals surface area contributed by atoms with Crippen molar-refractivity contribution in [3.63, 3.8) is 0 Å². The molecule has 3 rings (SSSR count). The number of benzene rings is 1. The van der Waals surface area contributed by atoms with Gasteiger partial charge < -0.3 is 9.84 Å². The lowest BCUT2D eigenvalue weighted by molar-refractivity contribution is -0.0182. The Morgan fingerprint density at radius 2 is 1.94 bits per heavy atom. The maximum Gasteiger partial charge on any atom is 0.119 e. The first-order valence-electron chi connectivity index (χ1n) is 7.07. The van der Waals surface area contributed by atoms with Gasteiger partial charge in [0.2, 0.25) is 0 Å². The van der Waals surface area contributed by atoms with E-state index in [0.29, 0.717) is 5.92 Å². The molecule has 0 heterocycles. The van der Waals surface area contributed by atoms with Gasteiger partial charge >= 0.3 is 0 Å². The summed E-state index contributed by atoms with van der Waals surface area (Å²) in [5.41, 5.74) is 0.505. The highest BCUT2D eigenvalue weighted by atomic mass is 16.5. The highest BCUT2D eigenvalue weighted by molar-refractivity contribution is 5.33. The monoisotopic (exact) mass is 246 g/mol. The third kappa shape index (κ3) is 1.93. The molecule has 0 radical (unpaired) electrons. The molecule has 2 aliphatic rings. The maximum atomic E-state index is 10.9. The standard InChI is InChI=1S/C16H22O2/c1-11(2)18-15-7-5-13(6-8-15)16(17)10-12-3-4-14(16)9-12/h5-8,11-12,14,17H,3-4,9-10H2,1-2H3. The lowest BCUT2D eigenvalue weighted by Crippen LogP contribution is -2.32. The van der Waals surface area contributed by atoms with Crippen LogP contribution in [0.15, 0.2) is 24.3 Å². The quantitative estimate of drug-likeness (QED) is 0.884. The molecule has 2 aliphatic carbocycles. The van der Waals surface area contributed by atoms with E-state index in [4.69, 9.17) is 4.74 Å². The summed E-state index contributed by atoms with van der Waals surface area (Å²) in [4.78, 5) is 0. The molecule has 0 aliphatic heterocycles. The minimum absolute atomic E-state index is 0.196. The van der Waals surface area contributed by atoms with E-state index in [0.717, 1.165) is 23.7 Å². The van der Waals surface area contributed by atoms with Crippen molar-refractivity contribution in [2.75, 3.05) is 0 Å². The van der Waals surface area contributed by atoms with E-state index in [1.54, 1.807) is 0 Å². The van der Waals surface area contributed by atoms with E-state index < -0.39 is 5.60 Å². The Morgan fingerprint density at radius 1 is 1.22 bits per heavy atom. The summed E-state index contributed by atoms with van der Waals surface area (Å²) in [5, 5.41) is 10.9. The van der Waals surface area contributed by atoms with Crippen LogP contribution in [0.5, 0.6) is 5.75 Å². The molecule has 3 atom stereocenters. The SMILES string of the molecule is CC(C)Oc1ccc(C2(O)CC3CCC2C3)cc1. The van der Waals surface area contributed by atoms with Crippen LogP contribution in [0.4, 0.5) is 0 Å². The average molecular weight is 246 g/mol. The van der Waals surface area contributed by atoms with Crippen LogP contribution < -0.4 is 4.74 Å². The summed E-state index contributed by atoms with van der Waals surface area (Å²) in [6, 6.07) is 8.05. The Labute approximate surface area is 109 Å². The summed E-state index contributed by atoms with van der Waals surface area (Å²) in [6.07, 6.45) is 4.84. The minimum atomic E-state index is -0.570. The molecule has 1 N–H and O–H groups in total. The van der Waals surface area contributed by atoms with E-state index in [-0.39, 0.29) is 6.10 Å². The molecule has 2 heteroatoms. The smallest absolute Gasteiger partial charge is 0.119 e. The molecule has 0 aromatic heterocycles. The second-order valence-corrected chi connectivity index (χ2v) is 6.20. The molecular formula is C16H22O2. The summed E-state index contributed by atoms with van der Waals surface area (Å²) in [5.74, 6) is 2.10. The Balaban J connectivity index is 1.80. The van der Waals surface area contributed by atoms with Crippen molar-refractivity contribution in [2.24, 2.45) is 11.8 Å². The molecule has 2 saturated carbocycles. The molecule has 0 saturated heterocycles. The van der Waals surface area contributed by atoms with Crippen LogP contribution in [0, 0.1) is 11.8 Å². The number of hydrogen-bond donors (Lipinski definition) is 1. The van der Waals surface area contributed by atoms with E-state index in [1.807, 2.05) is 38.1 Å².